The van der Waals surface area contributed by atoms with Gasteiger partial charge in [-0.3, -0.25) is 0 Å². The van der Waals surface area contributed by atoms with Crippen molar-refractivity contribution in [2.75, 3.05) is 9.80 Å². The Morgan fingerprint density at radius 1 is 0.405 bits per heavy atom. The van der Waals surface area contributed by atoms with E-state index in [0.717, 1.165) is 67.0 Å². The number of anilines is 5. The minimum absolute atomic E-state index is 0.0228. The molecule has 0 spiro atoms. The number of rotatable bonds is 10. The smallest absolute Gasteiger partial charge is 0.251 e. The monoisotopic (exact) mass is 1010 g/mol. The van der Waals surface area contributed by atoms with Gasteiger partial charge in [0.1, 0.15) is 0 Å². The van der Waals surface area contributed by atoms with Crippen molar-refractivity contribution < 1.29 is 0 Å². The Balaban J connectivity index is 0.945. The summed E-state index contributed by atoms with van der Waals surface area (Å²) in [4.78, 5) is 20.3. The number of aryl methyl sites for hydroxylation is 2. The third-order valence-corrected chi connectivity index (χ3v) is 15.7. The Bertz CT molecular complexity index is 4330. The van der Waals surface area contributed by atoms with Gasteiger partial charge in [0.15, 0.2) is 17.5 Å². The van der Waals surface area contributed by atoms with Gasteiger partial charge in [0.05, 0.1) is 16.7 Å². The molecule has 0 unspecified atom stereocenters. The van der Waals surface area contributed by atoms with Gasteiger partial charge in [-0.15, -0.1) is 0 Å². The Kier molecular flexibility index (Phi) is 11.7. The van der Waals surface area contributed by atoms with Crippen LogP contribution in [0.3, 0.4) is 0 Å². The molecular weight excluding hydrogens is 960 g/mol. The standard InChI is InChI=1S/C72H53BN6/c1-5-6-31-61-49(4)77(67-34-20-35-68-69(67)73(61)62-32-16-17-33-66(62)78(68)56-28-14-9-15-29-56)57-30-19-26-53(45-57)52-25-18-27-54(44-52)58-46-55(72-75-70(50-21-10-7-11-22-50)74-71(76-72)51-23-12-8-13-24-51)38-41-63(58)79-64-39-36-47(2)42-59(64)60-43-48(3)37-40-65(60)79/h5-46H,1H2,2-4H3/b31-6-. The van der Waals surface area contributed by atoms with Crippen LogP contribution in [-0.2, 0) is 0 Å². The molecule has 0 bridgehead atoms. The molecule has 374 valence electrons. The van der Waals surface area contributed by atoms with Crippen LogP contribution in [0.2, 0.25) is 0 Å². The summed E-state index contributed by atoms with van der Waals surface area (Å²) < 4.78 is 2.43. The SMILES string of the molecule is C=C/C=C\C1=C(C)N(c2cccc(-c3cccc(-c4cc(-c5nc(-c6ccccc6)nc(-c6ccccc6)n5)ccc4-n4c5ccc(C)cc5c5cc(C)ccc54)c3)c2)c2cccc3c2B1c1ccccc1N3c1ccccc1. The minimum atomic E-state index is 0.0228. The number of aromatic nitrogens is 4. The number of hydrogen-bond donors (Lipinski definition) is 0. The molecule has 0 radical (unpaired) electrons. The Hall–Kier alpha value is -10.1. The zero-order valence-corrected chi connectivity index (χ0v) is 44.2. The van der Waals surface area contributed by atoms with Gasteiger partial charge in [-0.2, -0.15) is 0 Å². The summed E-state index contributed by atoms with van der Waals surface area (Å²) in [6.07, 6.45) is 6.21. The first-order valence-corrected chi connectivity index (χ1v) is 27.0. The molecule has 0 amide bonds. The molecule has 12 aromatic rings. The zero-order valence-electron chi connectivity index (χ0n) is 44.2. The molecule has 0 N–H and O–H groups in total. The molecule has 10 aromatic carbocycles. The number of hydrogen-bond acceptors (Lipinski definition) is 5. The summed E-state index contributed by atoms with van der Waals surface area (Å²) in [7, 11) is 0. The van der Waals surface area contributed by atoms with Crippen LogP contribution in [0.4, 0.5) is 28.4 Å². The highest BCUT2D eigenvalue weighted by Gasteiger charge is 2.42. The van der Waals surface area contributed by atoms with Gasteiger partial charge in [0, 0.05) is 67.2 Å². The lowest BCUT2D eigenvalue weighted by Crippen LogP contribution is -2.55. The molecule has 2 aliphatic heterocycles. The third-order valence-electron chi connectivity index (χ3n) is 15.7. The maximum atomic E-state index is 5.21. The molecule has 0 atom stereocenters. The molecule has 0 fully saturated rings. The quantitative estimate of drug-likeness (QED) is 0.101. The molecule has 0 aliphatic carbocycles. The number of benzene rings is 10. The van der Waals surface area contributed by atoms with Crippen LogP contribution >= 0.6 is 0 Å². The van der Waals surface area contributed by atoms with Gasteiger partial charge in [0.2, 0.25) is 0 Å². The molecular formula is C72H53BN6. The van der Waals surface area contributed by atoms with E-state index in [4.69, 9.17) is 15.0 Å². The van der Waals surface area contributed by atoms with Gasteiger partial charge in [-0.1, -0.05) is 182 Å². The van der Waals surface area contributed by atoms with Crippen molar-refractivity contribution in [3.8, 4) is 62.1 Å². The van der Waals surface area contributed by atoms with Crippen LogP contribution in [0.25, 0.3) is 83.9 Å². The van der Waals surface area contributed by atoms with Crippen molar-refractivity contribution in [1.82, 2.24) is 19.5 Å². The lowest BCUT2D eigenvalue weighted by atomic mass is 9.33. The number of nitrogens with zero attached hydrogens (tertiary/aromatic N) is 6. The van der Waals surface area contributed by atoms with Gasteiger partial charge in [0.25, 0.3) is 6.71 Å². The average molecular weight is 1010 g/mol. The second-order valence-corrected chi connectivity index (χ2v) is 20.6. The van der Waals surface area contributed by atoms with E-state index in [1.807, 2.05) is 42.5 Å². The average Bonchev–Trinajstić information content (AvgIpc) is 3.45. The summed E-state index contributed by atoms with van der Waals surface area (Å²) in [5, 5.41) is 2.45. The molecule has 7 heteroatoms. The van der Waals surface area contributed by atoms with E-state index in [-0.39, 0.29) is 6.71 Å². The van der Waals surface area contributed by atoms with E-state index in [2.05, 4.69) is 254 Å². The fraction of sp³-hybridized carbons (Fsp3) is 0.0417. The van der Waals surface area contributed by atoms with E-state index in [0.29, 0.717) is 17.5 Å². The van der Waals surface area contributed by atoms with Crippen LogP contribution in [0, 0.1) is 13.8 Å². The lowest BCUT2D eigenvalue weighted by molar-refractivity contribution is 1.07. The van der Waals surface area contributed by atoms with Gasteiger partial charge >= 0.3 is 0 Å². The maximum absolute atomic E-state index is 5.21. The fourth-order valence-electron chi connectivity index (χ4n) is 12.1. The molecule has 0 saturated carbocycles. The molecule has 4 heterocycles. The fourth-order valence-corrected chi connectivity index (χ4v) is 12.1. The first kappa shape index (κ1) is 47.4. The Morgan fingerprint density at radius 2 is 0.924 bits per heavy atom. The first-order valence-electron chi connectivity index (χ1n) is 27.0. The lowest BCUT2D eigenvalue weighted by Gasteiger charge is -2.44. The normalized spacial score (nSPS) is 12.9. The van der Waals surface area contributed by atoms with E-state index in [1.165, 1.54) is 61.1 Å². The highest BCUT2D eigenvalue weighted by atomic mass is 15.2. The second-order valence-electron chi connectivity index (χ2n) is 20.6. The zero-order chi connectivity index (χ0) is 53.1. The van der Waals surface area contributed by atoms with Gasteiger partial charge in [-0.25, -0.2) is 15.0 Å². The van der Waals surface area contributed by atoms with Crippen molar-refractivity contribution in [3.63, 3.8) is 0 Å². The number of fused-ring (bicyclic) bond motifs is 5. The van der Waals surface area contributed by atoms with E-state index in [9.17, 15) is 0 Å². The highest BCUT2D eigenvalue weighted by molar-refractivity contribution is 6.95. The van der Waals surface area contributed by atoms with Gasteiger partial charge < -0.3 is 14.4 Å². The molecule has 6 nitrogen and oxygen atoms in total. The van der Waals surface area contributed by atoms with Crippen molar-refractivity contribution in [3.05, 3.63) is 284 Å². The Labute approximate surface area is 461 Å². The predicted octanol–water partition coefficient (Wildman–Crippen LogP) is 17.0. The first-order chi connectivity index (χ1) is 38.9. The van der Waals surface area contributed by atoms with Crippen LogP contribution in [0.1, 0.15) is 18.1 Å². The molecule has 0 saturated heterocycles. The number of para-hydroxylation sites is 2. The second kappa shape index (κ2) is 19.5. The summed E-state index contributed by atoms with van der Waals surface area (Å²) in [6.45, 7) is 10.7. The molecule has 2 aliphatic rings. The summed E-state index contributed by atoms with van der Waals surface area (Å²) in [5.74, 6) is 1.85. The van der Waals surface area contributed by atoms with Crippen LogP contribution < -0.4 is 20.7 Å². The molecule has 2 aromatic heterocycles. The Morgan fingerprint density at radius 3 is 1.58 bits per heavy atom. The molecule has 79 heavy (non-hydrogen) atoms. The topological polar surface area (TPSA) is 50.1 Å². The highest BCUT2D eigenvalue weighted by Crippen LogP contribution is 2.46. The van der Waals surface area contributed by atoms with Crippen molar-refractivity contribution in [2.24, 2.45) is 0 Å². The third kappa shape index (κ3) is 8.18. The number of allylic oxidation sites excluding steroid dienone is 5. The van der Waals surface area contributed by atoms with Crippen LogP contribution in [0.5, 0.6) is 0 Å². The van der Waals surface area contributed by atoms with Crippen LogP contribution in [-0.4, -0.2) is 26.2 Å². The van der Waals surface area contributed by atoms with Crippen molar-refractivity contribution >= 4 is 67.9 Å². The van der Waals surface area contributed by atoms with E-state index < -0.39 is 0 Å². The van der Waals surface area contributed by atoms with Crippen LogP contribution in [0.15, 0.2) is 273 Å². The van der Waals surface area contributed by atoms with Crippen molar-refractivity contribution in [2.45, 2.75) is 20.8 Å². The minimum Gasteiger partial charge on any atom is -0.315 e. The predicted molar refractivity (Wildman–Crippen MR) is 331 cm³/mol. The maximum Gasteiger partial charge on any atom is 0.251 e. The van der Waals surface area contributed by atoms with Crippen molar-refractivity contribution in [1.29, 1.82) is 0 Å². The molecule has 14 rings (SSSR count). The van der Waals surface area contributed by atoms with E-state index in [1.54, 1.807) is 0 Å². The summed E-state index contributed by atoms with van der Waals surface area (Å²) >= 11 is 0. The summed E-state index contributed by atoms with van der Waals surface area (Å²) in [5.41, 5.74) is 23.6. The van der Waals surface area contributed by atoms with E-state index >= 15 is 0 Å². The van der Waals surface area contributed by atoms with Gasteiger partial charge in [-0.05, 0) is 145 Å². The summed E-state index contributed by atoms with van der Waals surface area (Å²) in [6, 6.07) is 85.0. The largest absolute Gasteiger partial charge is 0.315 e.